The van der Waals surface area contributed by atoms with Crippen LogP contribution in [0.25, 0.3) is 11.3 Å². The molecule has 0 saturated heterocycles. The van der Waals surface area contributed by atoms with Crippen molar-refractivity contribution in [2.75, 3.05) is 18.2 Å². The Bertz CT molecular complexity index is 560. The summed E-state index contributed by atoms with van der Waals surface area (Å²) in [5.74, 6) is 6.54. The zero-order chi connectivity index (χ0) is 13.3. The van der Waals surface area contributed by atoms with E-state index in [0.29, 0.717) is 23.1 Å². The van der Waals surface area contributed by atoms with Gasteiger partial charge in [0.25, 0.3) is 0 Å². The number of ether oxygens (including phenoxy) is 1. The number of hydrogen-bond donors (Lipinski definition) is 2. The Morgan fingerprint density at radius 1 is 1.44 bits per heavy atom. The summed E-state index contributed by atoms with van der Waals surface area (Å²) in [6.07, 6.45) is 1.66. The molecule has 6 heteroatoms. The lowest BCUT2D eigenvalue weighted by Gasteiger charge is -2.09. The third kappa shape index (κ3) is 2.22. The number of nitrogens with two attached hydrogens (primary N) is 2. The van der Waals surface area contributed by atoms with Crippen molar-refractivity contribution in [2.24, 2.45) is 0 Å². The second-order valence-corrected chi connectivity index (χ2v) is 4.33. The topological polar surface area (TPSA) is 79.1 Å². The summed E-state index contributed by atoms with van der Waals surface area (Å²) in [5.41, 5.74) is 8.19. The van der Waals surface area contributed by atoms with Crippen LogP contribution in [0.1, 0.15) is 12.5 Å². The van der Waals surface area contributed by atoms with Crippen LogP contribution in [0.4, 0.5) is 5.95 Å². The monoisotopic (exact) mass is 266 g/mol. The van der Waals surface area contributed by atoms with Crippen LogP contribution < -0.4 is 16.3 Å². The molecule has 0 radical (unpaired) electrons. The van der Waals surface area contributed by atoms with E-state index in [1.165, 1.54) is 4.68 Å². The van der Waals surface area contributed by atoms with E-state index >= 15 is 0 Å². The number of nitrogen functional groups attached to an aromatic ring is 2. The summed E-state index contributed by atoms with van der Waals surface area (Å²) in [5, 5.41) is 0.544. The van der Waals surface area contributed by atoms with E-state index in [1.807, 2.05) is 26.0 Å². The van der Waals surface area contributed by atoms with Crippen molar-refractivity contribution < 1.29 is 4.74 Å². The first-order valence-electron chi connectivity index (χ1n) is 5.56. The Hall–Kier alpha value is -1.88. The predicted octanol–water partition coefficient (Wildman–Crippen LogP) is 2.21. The van der Waals surface area contributed by atoms with E-state index in [2.05, 4.69) is 4.98 Å². The number of nitrogens with zero attached hydrogens (tertiary/aromatic N) is 2. The fraction of sp³-hybridized carbons (Fsp3) is 0.250. The Balaban J connectivity index is 2.49. The fourth-order valence-corrected chi connectivity index (χ4v) is 1.95. The minimum atomic E-state index is 0.259. The highest BCUT2D eigenvalue weighted by Crippen LogP contribution is 2.33. The van der Waals surface area contributed by atoms with Crippen molar-refractivity contribution in [3.8, 4) is 17.0 Å². The van der Waals surface area contributed by atoms with Crippen LogP contribution in [0, 0.1) is 6.92 Å². The second-order valence-electron chi connectivity index (χ2n) is 3.92. The minimum absolute atomic E-state index is 0.259. The SMILES string of the molecule is CCOc1cc(C)c(-c2cn(N)c(N)n2)cc1Cl. The Kier molecular flexibility index (Phi) is 3.34. The highest BCUT2D eigenvalue weighted by atomic mass is 35.5. The zero-order valence-corrected chi connectivity index (χ0v) is 11.0. The molecule has 2 aromatic rings. The van der Waals surface area contributed by atoms with Crippen molar-refractivity contribution in [1.29, 1.82) is 0 Å². The van der Waals surface area contributed by atoms with E-state index in [9.17, 15) is 0 Å². The Morgan fingerprint density at radius 3 is 2.72 bits per heavy atom. The maximum Gasteiger partial charge on any atom is 0.219 e. The third-order valence-electron chi connectivity index (χ3n) is 2.62. The van der Waals surface area contributed by atoms with E-state index in [1.54, 1.807) is 6.20 Å². The first kappa shape index (κ1) is 12.6. The zero-order valence-electron chi connectivity index (χ0n) is 10.3. The number of benzene rings is 1. The van der Waals surface area contributed by atoms with Crippen molar-refractivity contribution >= 4 is 17.5 Å². The number of aromatic nitrogens is 2. The maximum absolute atomic E-state index is 6.15. The molecular formula is C12H15ClN4O. The smallest absolute Gasteiger partial charge is 0.219 e. The number of hydrogen-bond acceptors (Lipinski definition) is 4. The van der Waals surface area contributed by atoms with Crippen LogP contribution in [0.15, 0.2) is 18.3 Å². The summed E-state index contributed by atoms with van der Waals surface area (Å²) in [6.45, 7) is 4.44. The normalized spacial score (nSPS) is 10.6. The maximum atomic E-state index is 6.15. The van der Waals surface area contributed by atoms with Gasteiger partial charge in [-0.3, -0.25) is 0 Å². The van der Waals surface area contributed by atoms with Gasteiger partial charge in [-0.2, -0.15) is 0 Å². The van der Waals surface area contributed by atoms with Crippen LogP contribution in [0.2, 0.25) is 5.02 Å². The van der Waals surface area contributed by atoms with Crippen LogP contribution in [0.5, 0.6) is 5.75 Å². The third-order valence-corrected chi connectivity index (χ3v) is 2.91. The van der Waals surface area contributed by atoms with Crippen molar-refractivity contribution in [1.82, 2.24) is 9.66 Å². The average molecular weight is 267 g/mol. The lowest BCUT2D eigenvalue weighted by molar-refractivity contribution is 0.340. The molecule has 2 rings (SSSR count). The van der Waals surface area contributed by atoms with Crippen molar-refractivity contribution in [2.45, 2.75) is 13.8 Å². The Morgan fingerprint density at radius 2 is 2.17 bits per heavy atom. The van der Waals surface area contributed by atoms with Gasteiger partial charge >= 0.3 is 0 Å². The molecule has 1 heterocycles. The van der Waals surface area contributed by atoms with Gasteiger partial charge in [0, 0.05) is 5.56 Å². The second kappa shape index (κ2) is 4.78. The first-order valence-corrected chi connectivity index (χ1v) is 5.94. The Labute approximate surface area is 110 Å². The van der Waals surface area contributed by atoms with Crippen LogP contribution in [0.3, 0.4) is 0 Å². The van der Waals surface area contributed by atoms with Gasteiger partial charge in [0.1, 0.15) is 5.75 Å². The summed E-state index contributed by atoms with van der Waals surface area (Å²) in [6, 6.07) is 3.69. The molecule has 1 aromatic carbocycles. The fourth-order valence-electron chi connectivity index (χ4n) is 1.73. The number of anilines is 1. The molecule has 0 aliphatic carbocycles. The van der Waals surface area contributed by atoms with Gasteiger partial charge in [0.05, 0.1) is 23.5 Å². The van der Waals surface area contributed by atoms with Crippen molar-refractivity contribution in [3.63, 3.8) is 0 Å². The molecule has 0 unspecified atom stereocenters. The van der Waals surface area contributed by atoms with E-state index in [-0.39, 0.29) is 5.95 Å². The van der Waals surface area contributed by atoms with E-state index < -0.39 is 0 Å². The van der Waals surface area contributed by atoms with Crippen LogP contribution in [-0.2, 0) is 0 Å². The summed E-state index contributed by atoms with van der Waals surface area (Å²) in [4.78, 5) is 4.17. The summed E-state index contributed by atoms with van der Waals surface area (Å²) < 4.78 is 6.71. The molecular weight excluding hydrogens is 252 g/mol. The van der Waals surface area contributed by atoms with Crippen LogP contribution >= 0.6 is 11.6 Å². The number of aryl methyl sites for hydroxylation is 1. The first-order chi connectivity index (χ1) is 8.52. The number of imidazole rings is 1. The van der Waals surface area contributed by atoms with Gasteiger partial charge < -0.3 is 16.3 Å². The van der Waals surface area contributed by atoms with Gasteiger partial charge in [-0.05, 0) is 31.5 Å². The standard InChI is InChI=1S/C12H15ClN4O/c1-3-18-11-4-7(2)8(5-9(11)13)10-6-17(15)12(14)16-10/h4-6H,3,15H2,1-2H3,(H2,14,16). The average Bonchev–Trinajstić information content (AvgIpc) is 2.64. The van der Waals surface area contributed by atoms with Crippen molar-refractivity contribution in [3.05, 3.63) is 28.9 Å². The van der Waals surface area contributed by atoms with Gasteiger partial charge in [0.2, 0.25) is 5.95 Å². The molecule has 96 valence electrons. The molecule has 0 atom stereocenters. The highest BCUT2D eigenvalue weighted by molar-refractivity contribution is 6.32. The lowest BCUT2D eigenvalue weighted by atomic mass is 10.1. The molecule has 0 spiro atoms. The largest absolute Gasteiger partial charge is 0.492 e. The van der Waals surface area contributed by atoms with Gasteiger partial charge in [0.15, 0.2) is 0 Å². The summed E-state index contributed by atoms with van der Waals surface area (Å²) >= 11 is 6.15. The molecule has 5 nitrogen and oxygen atoms in total. The molecule has 0 fully saturated rings. The molecule has 4 N–H and O–H groups in total. The number of rotatable bonds is 3. The molecule has 0 aliphatic rings. The highest BCUT2D eigenvalue weighted by Gasteiger charge is 2.12. The quantitative estimate of drug-likeness (QED) is 0.835. The van der Waals surface area contributed by atoms with Gasteiger partial charge in [-0.25, -0.2) is 9.66 Å². The van der Waals surface area contributed by atoms with Crippen LogP contribution in [-0.4, -0.2) is 16.3 Å². The molecule has 1 aromatic heterocycles. The lowest BCUT2D eigenvalue weighted by Crippen LogP contribution is -2.09. The molecule has 0 aliphatic heterocycles. The molecule has 18 heavy (non-hydrogen) atoms. The number of halogens is 1. The van der Waals surface area contributed by atoms with E-state index in [4.69, 9.17) is 27.9 Å². The van der Waals surface area contributed by atoms with E-state index in [0.717, 1.165) is 11.1 Å². The molecule has 0 amide bonds. The molecule has 0 bridgehead atoms. The molecule has 0 saturated carbocycles. The predicted molar refractivity (Wildman–Crippen MR) is 73.1 cm³/mol. The van der Waals surface area contributed by atoms with Gasteiger partial charge in [-0.15, -0.1) is 0 Å². The van der Waals surface area contributed by atoms with Gasteiger partial charge in [-0.1, -0.05) is 11.6 Å². The summed E-state index contributed by atoms with van der Waals surface area (Å²) in [7, 11) is 0. The minimum Gasteiger partial charge on any atom is -0.492 e.